The van der Waals surface area contributed by atoms with E-state index in [0.29, 0.717) is 20.9 Å². The fourth-order valence-corrected chi connectivity index (χ4v) is 2.80. The van der Waals surface area contributed by atoms with E-state index in [9.17, 15) is 4.79 Å². The Labute approximate surface area is 125 Å². The van der Waals surface area contributed by atoms with Crippen LogP contribution in [0.15, 0.2) is 28.9 Å². The first-order valence-corrected chi connectivity index (χ1v) is 7.02. The molecule has 0 aliphatic rings. The molecule has 1 aromatic carbocycles. The van der Waals surface area contributed by atoms with Crippen LogP contribution in [0, 0.1) is 0 Å². The highest BCUT2D eigenvalue weighted by Crippen LogP contribution is 2.31. The topological polar surface area (TPSA) is 34.9 Å². The minimum Gasteiger partial charge on any atom is -0.298 e. The van der Waals surface area contributed by atoms with Crippen LogP contribution in [-0.2, 0) is 5.54 Å². The maximum atomic E-state index is 11.3. The molecular formula is C14H14BrClN2O. The van der Waals surface area contributed by atoms with Gasteiger partial charge in [-0.2, -0.15) is 5.10 Å². The van der Waals surface area contributed by atoms with Gasteiger partial charge in [-0.1, -0.05) is 23.7 Å². The Balaban J connectivity index is 2.64. The van der Waals surface area contributed by atoms with Crippen molar-refractivity contribution in [1.29, 1.82) is 0 Å². The molecule has 100 valence electrons. The van der Waals surface area contributed by atoms with Gasteiger partial charge in [-0.3, -0.25) is 9.48 Å². The Morgan fingerprint density at radius 3 is 2.32 bits per heavy atom. The van der Waals surface area contributed by atoms with Gasteiger partial charge in [0.05, 0.1) is 11.1 Å². The first-order valence-electron chi connectivity index (χ1n) is 5.84. The number of carbonyl (C=O) groups is 1. The summed E-state index contributed by atoms with van der Waals surface area (Å²) in [6, 6.07) is 7.29. The summed E-state index contributed by atoms with van der Waals surface area (Å²) in [6.45, 7) is 6.10. The van der Waals surface area contributed by atoms with Crippen LogP contribution >= 0.6 is 27.5 Å². The second-order valence-electron chi connectivity index (χ2n) is 5.26. The molecule has 0 fully saturated rings. The molecule has 3 nitrogen and oxygen atoms in total. The van der Waals surface area contributed by atoms with Crippen molar-refractivity contribution in [2.75, 3.05) is 0 Å². The Morgan fingerprint density at radius 1 is 1.26 bits per heavy atom. The molecule has 5 heteroatoms. The molecule has 0 spiro atoms. The molecule has 0 saturated heterocycles. The van der Waals surface area contributed by atoms with E-state index in [-0.39, 0.29) is 5.54 Å². The normalized spacial score (nSPS) is 11.6. The van der Waals surface area contributed by atoms with Gasteiger partial charge in [0.1, 0.15) is 10.3 Å². The number of nitrogens with zero attached hydrogens (tertiary/aromatic N) is 2. The van der Waals surface area contributed by atoms with Crippen molar-refractivity contribution in [1.82, 2.24) is 9.78 Å². The van der Waals surface area contributed by atoms with Gasteiger partial charge < -0.3 is 0 Å². The average Bonchev–Trinajstić information content (AvgIpc) is 2.67. The molecule has 0 amide bonds. The average molecular weight is 342 g/mol. The molecule has 0 bridgehead atoms. The molecule has 0 aliphatic carbocycles. The van der Waals surface area contributed by atoms with Gasteiger partial charge in [-0.25, -0.2) is 0 Å². The summed E-state index contributed by atoms with van der Waals surface area (Å²) in [5.41, 5.74) is 1.88. The standard InChI is InChI=1S/C14H14BrClN2O/c1-14(2,3)18-13(15)11(8-19)12(17-18)9-4-6-10(16)7-5-9/h4-8H,1-3H3. The largest absolute Gasteiger partial charge is 0.298 e. The number of benzene rings is 1. The van der Waals surface area contributed by atoms with Crippen molar-refractivity contribution in [3.8, 4) is 11.3 Å². The SMILES string of the molecule is CC(C)(C)n1nc(-c2ccc(Cl)cc2)c(C=O)c1Br. The summed E-state index contributed by atoms with van der Waals surface area (Å²) >= 11 is 9.33. The van der Waals surface area contributed by atoms with Crippen molar-refractivity contribution < 1.29 is 4.79 Å². The number of aldehydes is 1. The van der Waals surface area contributed by atoms with E-state index in [1.54, 1.807) is 16.8 Å². The van der Waals surface area contributed by atoms with E-state index in [0.717, 1.165) is 11.8 Å². The summed E-state index contributed by atoms with van der Waals surface area (Å²) in [5.74, 6) is 0. The van der Waals surface area contributed by atoms with Crippen LogP contribution in [0.25, 0.3) is 11.3 Å². The van der Waals surface area contributed by atoms with Crippen LogP contribution in [0.3, 0.4) is 0 Å². The fraction of sp³-hybridized carbons (Fsp3) is 0.286. The zero-order chi connectivity index (χ0) is 14.2. The number of aromatic nitrogens is 2. The number of hydrogen-bond acceptors (Lipinski definition) is 2. The molecule has 0 saturated carbocycles. The predicted molar refractivity (Wildman–Crippen MR) is 80.8 cm³/mol. The first-order chi connectivity index (χ1) is 8.84. The van der Waals surface area contributed by atoms with Crippen molar-refractivity contribution in [3.05, 3.63) is 39.5 Å². The Morgan fingerprint density at radius 2 is 1.84 bits per heavy atom. The van der Waals surface area contributed by atoms with E-state index in [4.69, 9.17) is 11.6 Å². The van der Waals surface area contributed by atoms with Gasteiger partial charge in [0.15, 0.2) is 6.29 Å². The fourth-order valence-electron chi connectivity index (χ4n) is 1.78. The van der Waals surface area contributed by atoms with Crippen molar-refractivity contribution in [3.63, 3.8) is 0 Å². The molecule has 0 N–H and O–H groups in total. The van der Waals surface area contributed by atoms with Crippen LogP contribution in [0.2, 0.25) is 5.02 Å². The quantitative estimate of drug-likeness (QED) is 0.752. The third kappa shape index (κ3) is 2.74. The molecule has 1 aromatic heterocycles. The third-order valence-corrected chi connectivity index (χ3v) is 3.75. The summed E-state index contributed by atoms with van der Waals surface area (Å²) < 4.78 is 2.50. The molecule has 0 atom stereocenters. The summed E-state index contributed by atoms with van der Waals surface area (Å²) in [5, 5.41) is 5.21. The molecular weight excluding hydrogens is 328 g/mol. The lowest BCUT2D eigenvalue weighted by Gasteiger charge is -2.20. The van der Waals surface area contributed by atoms with E-state index >= 15 is 0 Å². The van der Waals surface area contributed by atoms with Gasteiger partial charge in [-0.15, -0.1) is 0 Å². The van der Waals surface area contributed by atoms with E-state index < -0.39 is 0 Å². The predicted octanol–water partition coefficient (Wildman–Crippen LogP) is 4.53. The molecule has 19 heavy (non-hydrogen) atoms. The van der Waals surface area contributed by atoms with Crippen molar-refractivity contribution in [2.24, 2.45) is 0 Å². The van der Waals surface area contributed by atoms with Gasteiger partial charge in [0.25, 0.3) is 0 Å². The smallest absolute Gasteiger partial charge is 0.155 e. The molecule has 0 aliphatic heterocycles. The van der Waals surface area contributed by atoms with Gasteiger partial charge in [0.2, 0.25) is 0 Å². The number of carbonyl (C=O) groups excluding carboxylic acids is 1. The second-order valence-corrected chi connectivity index (χ2v) is 6.45. The maximum Gasteiger partial charge on any atom is 0.155 e. The van der Waals surface area contributed by atoms with Crippen molar-refractivity contribution >= 4 is 33.8 Å². The molecule has 0 unspecified atom stereocenters. The van der Waals surface area contributed by atoms with E-state index in [1.165, 1.54) is 0 Å². The Kier molecular flexibility index (Phi) is 3.83. The Hall–Kier alpha value is -1.13. The van der Waals surface area contributed by atoms with E-state index in [2.05, 4.69) is 21.0 Å². The van der Waals surface area contributed by atoms with E-state index in [1.807, 2.05) is 32.9 Å². The number of halogens is 2. The monoisotopic (exact) mass is 340 g/mol. The summed E-state index contributed by atoms with van der Waals surface area (Å²) in [7, 11) is 0. The lowest BCUT2D eigenvalue weighted by Crippen LogP contribution is -2.23. The van der Waals surface area contributed by atoms with Gasteiger partial charge >= 0.3 is 0 Å². The first kappa shape index (κ1) is 14.3. The lowest BCUT2D eigenvalue weighted by molar-refractivity contribution is 0.112. The summed E-state index contributed by atoms with van der Waals surface area (Å²) in [6.07, 6.45) is 0.823. The zero-order valence-corrected chi connectivity index (χ0v) is 13.3. The highest BCUT2D eigenvalue weighted by atomic mass is 79.9. The van der Waals surface area contributed by atoms with Crippen LogP contribution < -0.4 is 0 Å². The lowest BCUT2D eigenvalue weighted by atomic mass is 10.1. The highest BCUT2D eigenvalue weighted by molar-refractivity contribution is 9.10. The second kappa shape index (κ2) is 5.10. The molecule has 2 rings (SSSR count). The van der Waals surface area contributed by atoms with Gasteiger partial charge in [-0.05, 0) is 48.8 Å². The van der Waals surface area contributed by atoms with Gasteiger partial charge in [0, 0.05) is 10.6 Å². The highest BCUT2D eigenvalue weighted by Gasteiger charge is 2.23. The van der Waals surface area contributed by atoms with Crippen molar-refractivity contribution in [2.45, 2.75) is 26.3 Å². The number of rotatable bonds is 2. The maximum absolute atomic E-state index is 11.3. The minimum absolute atomic E-state index is 0.207. The van der Waals surface area contributed by atoms with Crippen LogP contribution in [0.1, 0.15) is 31.1 Å². The van der Waals surface area contributed by atoms with Crippen LogP contribution in [-0.4, -0.2) is 16.1 Å². The molecule has 1 heterocycles. The molecule has 2 aromatic rings. The van der Waals surface area contributed by atoms with Crippen LogP contribution in [0.5, 0.6) is 0 Å². The minimum atomic E-state index is -0.207. The Bertz CT molecular complexity index is 612. The summed E-state index contributed by atoms with van der Waals surface area (Å²) in [4.78, 5) is 11.3. The van der Waals surface area contributed by atoms with Crippen LogP contribution in [0.4, 0.5) is 0 Å². The third-order valence-electron chi connectivity index (χ3n) is 2.73. The number of hydrogen-bond donors (Lipinski definition) is 0. The molecule has 0 radical (unpaired) electrons. The zero-order valence-electron chi connectivity index (χ0n) is 10.9.